The number of rotatable bonds is 4. The summed E-state index contributed by atoms with van der Waals surface area (Å²) in [5.74, 6) is -1.41. The minimum atomic E-state index is -1.59. The number of hydrogen-bond acceptors (Lipinski definition) is 4. The molecule has 5 atom stereocenters. The lowest BCUT2D eigenvalue weighted by atomic mass is 9.58. The van der Waals surface area contributed by atoms with Crippen LogP contribution in [0.15, 0.2) is 12.2 Å². The van der Waals surface area contributed by atoms with Crippen LogP contribution >= 0.6 is 0 Å². The van der Waals surface area contributed by atoms with Crippen molar-refractivity contribution in [2.45, 2.75) is 90.1 Å². The fourth-order valence-electron chi connectivity index (χ4n) is 5.41. The quantitative estimate of drug-likeness (QED) is 0.773. The molecule has 1 spiro atoms. The second-order valence-corrected chi connectivity index (χ2v) is 9.22. The fourth-order valence-corrected chi connectivity index (χ4v) is 5.41. The molecule has 0 aromatic rings. The summed E-state index contributed by atoms with van der Waals surface area (Å²) in [7, 11) is 0. The van der Waals surface area contributed by atoms with Crippen LogP contribution in [-0.2, 0) is 9.53 Å². The summed E-state index contributed by atoms with van der Waals surface area (Å²) in [6.07, 6.45) is 4.10. The van der Waals surface area contributed by atoms with Crippen LogP contribution in [0.4, 0.5) is 0 Å². The number of aliphatic hydroxyl groups excluding tert-OH is 1. The second-order valence-electron chi connectivity index (χ2n) is 9.22. The lowest BCUT2D eigenvalue weighted by molar-refractivity contribution is -0.344. The zero-order chi connectivity index (χ0) is 18.0. The van der Waals surface area contributed by atoms with Gasteiger partial charge in [-0.2, -0.15) is 0 Å². The number of fused-ring (bicyclic) bond motifs is 1. The Balaban J connectivity index is 1.96. The van der Waals surface area contributed by atoms with E-state index in [1.54, 1.807) is 0 Å². The predicted molar refractivity (Wildman–Crippen MR) is 92.3 cm³/mol. The molecule has 2 bridgehead atoms. The first-order chi connectivity index (χ1) is 11.0. The molecular weight excluding hydrogens is 304 g/mol. The van der Waals surface area contributed by atoms with Gasteiger partial charge in [0.05, 0.1) is 5.60 Å². The molecule has 2 aliphatic heterocycles. The molecule has 0 amide bonds. The maximum atomic E-state index is 12.1. The molecule has 3 rings (SSSR count). The van der Waals surface area contributed by atoms with E-state index >= 15 is 0 Å². The van der Waals surface area contributed by atoms with Crippen molar-refractivity contribution in [1.82, 2.24) is 0 Å². The molecule has 1 aliphatic carbocycles. The Bertz CT molecular complexity index is 570. The second kappa shape index (κ2) is 5.39. The minimum Gasteiger partial charge on any atom is -0.387 e. The van der Waals surface area contributed by atoms with Gasteiger partial charge in [-0.3, -0.25) is 4.79 Å². The van der Waals surface area contributed by atoms with Crippen LogP contribution in [0.2, 0.25) is 0 Å². The SMILES string of the molecule is C=C1CCC[C@@]2(C)C[C@@H](O)[C@@]3(O)O[C@@]12C[C@@]3(C)CCC(=O)C(C)C. The van der Waals surface area contributed by atoms with E-state index in [2.05, 4.69) is 13.5 Å². The predicted octanol–water partition coefficient (Wildman–Crippen LogP) is 3.36. The van der Waals surface area contributed by atoms with Crippen LogP contribution < -0.4 is 0 Å². The Morgan fingerprint density at radius 3 is 2.71 bits per heavy atom. The van der Waals surface area contributed by atoms with Crippen LogP contribution in [0.5, 0.6) is 0 Å². The first-order valence-corrected chi connectivity index (χ1v) is 9.31. The van der Waals surface area contributed by atoms with Gasteiger partial charge >= 0.3 is 0 Å². The molecule has 0 unspecified atom stereocenters. The topological polar surface area (TPSA) is 66.8 Å². The molecule has 3 aliphatic rings. The Hall–Kier alpha value is -0.710. The maximum absolute atomic E-state index is 12.1. The zero-order valence-corrected chi connectivity index (χ0v) is 15.5. The third kappa shape index (κ3) is 2.19. The number of ketones is 1. The van der Waals surface area contributed by atoms with Gasteiger partial charge in [-0.05, 0) is 44.1 Å². The van der Waals surface area contributed by atoms with Crippen molar-refractivity contribution in [2.75, 3.05) is 0 Å². The molecule has 2 heterocycles. The molecule has 136 valence electrons. The average Bonchev–Trinajstić information content (AvgIpc) is 2.71. The van der Waals surface area contributed by atoms with Gasteiger partial charge in [0.1, 0.15) is 11.9 Å². The third-order valence-electron chi connectivity index (χ3n) is 7.25. The van der Waals surface area contributed by atoms with Crippen LogP contribution in [0, 0.1) is 16.7 Å². The summed E-state index contributed by atoms with van der Waals surface area (Å²) >= 11 is 0. The first kappa shape index (κ1) is 18.1. The van der Waals surface area contributed by atoms with Crippen LogP contribution in [-0.4, -0.2) is 33.5 Å². The monoisotopic (exact) mass is 336 g/mol. The number of ether oxygens (including phenoxy) is 1. The zero-order valence-electron chi connectivity index (χ0n) is 15.5. The van der Waals surface area contributed by atoms with E-state index < -0.39 is 22.9 Å². The van der Waals surface area contributed by atoms with Crippen molar-refractivity contribution in [3.05, 3.63) is 12.2 Å². The molecule has 0 aromatic carbocycles. The van der Waals surface area contributed by atoms with Crippen molar-refractivity contribution in [3.8, 4) is 0 Å². The summed E-state index contributed by atoms with van der Waals surface area (Å²) in [4.78, 5) is 12.1. The van der Waals surface area contributed by atoms with E-state index in [0.717, 1.165) is 24.8 Å². The average molecular weight is 336 g/mol. The van der Waals surface area contributed by atoms with Crippen LogP contribution in [0.3, 0.4) is 0 Å². The molecule has 2 saturated heterocycles. The van der Waals surface area contributed by atoms with Crippen LogP contribution in [0.1, 0.15) is 72.6 Å². The van der Waals surface area contributed by atoms with E-state index in [9.17, 15) is 15.0 Å². The molecule has 3 fully saturated rings. The molecule has 4 nitrogen and oxygen atoms in total. The highest BCUT2D eigenvalue weighted by Crippen LogP contribution is 2.69. The number of aliphatic hydroxyl groups is 2. The highest BCUT2D eigenvalue weighted by atomic mass is 16.7. The van der Waals surface area contributed by atoms with Gasteiger partial charge in [0, 0.05) is 23.2 Å². The van der Waals surface area contributed by atoms with Crippen molar-refractivity contribution < 1.29 is 19.7 Å². The van der Waals surface area contributed by atoms with Gasteiger partial charge < -0.3 is 14.9 Å². The van der Waals surface area contributed by atoms with E-state index in [0.29, 0.717) is 25.7 Å². The van der Waals surface area contributed by atoms with E-state index in [4.69, 9.17) is 4.74 Å². The number of carbonyl (C=O) groups excluding carboxylic acids is 1. The Morgan fingerprint density at radius 2 is 2.08 bits per heavy atom. The van der Waals surface area contributed by atoms with Gasteiger partial charge in [-0.1, -0.05) is 34.3 Å². The normalized spacial score (nSPS) is 47.8. The van der Waals surface area contributed by atoms with Gasteiger partial charge in [0.2, 0.25) is 0 Å². The summed E-state index contributed by atoms with van der Waals surface area (Å²) in [6.45, 7) is 12.2. The largest absolute Gasteiger partial charge is 0.387 e. The first-order valence-electron chi connectivity index (χ1n) is 9.31. The summed E-state index contributed by atoms with van der Waals surface area (Å²) in [5.41, 5.74) is -0.377. The number of carbonyl (C=O) groups is 1. The molecular formula is C20H32O4. The standard InChI is InChI=1S/C20H32O4/c1-13(2)15(21)8-10-18(5)12-19-14(3)7-6-9-17(19,4)11-16(22)20(18,23)24-19/h13,16,22-23H,3,6-12H2,1-2,4-5H3/t16-,17+,18-,19+,20-/m1/s1. The highest BCUT2D eigenvalue weighted by molar-refractivity contribution is 5.80. The number of hydrogen-bond donors (Lipinski definition) is 2. The van der Waals surface area contributed by atoms with Gasteiger partial charge in [-0.25, -0.2) is 0 Å². The van der Waals surface area contributed by atoms with Crippen molar-refractivity contribution >= 4 is 5.78 Å². The van der Waals surface area contributed by atoms with E-state index in [1.807, 2.05) is 20.8 Å². The smallest absolute Gasteiger partial charge is 0.198 e. The molecule has 2 N–H and O–H groups in total. The Labute approximate surface area is 145 Å². The molecule has 24 heavy (non-hydrogen) atoms. The lowest BCUT2D eigenvalue weighted by Gasteiger charge is -2.56. The molecule has 1 saturated carbocycles. The fraction of sp³-hybridized carbons (Fsp3) is 0.850. The van der Waals surface area contributed by atoms with Crippen LogP contribution in [0.25, 0.3) is 0 Å². The molecule has 0 radical (unpaired) electrons. The molecule has 4 heteroatoms. The number of Topliss-reactive ketones (excluding diaryl/α,β-unsaturated/α-hetero) is 1. The summed E-state index contributed by atoms with van der Waals surface area (Å²) in [5, 5.41) is 22.1. The van der Waals surface area contributed by atoms with Gasteiger partial charge in [0.25, 0.3) is 0 Å². The highest BCUT2D eigenvalue weighted by Gasteiger charge is 2.74. The Morgan fingerprint density at radius 1 is 1.42 bits per heavy atom. The van der Waals surface area contributed by atoms with E-state index in [-0.39, 0.29) is 17.1 Å². The maximum Gasteiger partial charge on any atom is 0.198 e. The van der Waals surface area contributed by atoms with Gasteiger partial charge in [-0.15, -0.1) is 0 Å². The van der Waals surface area contributed by atoms with E-state index in [1.165, 1.54) is 0 Å². The summed E-state index contributed by atoms with van der Waals surface area (Å²) < 4.78 is 6.31. The lowest BCUT2D eigenvalue weighted by Crippen LogP contribution is -2.62. The summed E-state index contributed by atoms with van der Waals surface area (Å²) in [6, 6.07) is 0. The van der Waals surface area contributed by atoms with Gasteiger partial charge in [0.15, 0.2) is 5.79 Å². The third-order valence-corrected chi connectivity index (χ3v) is 7.25. The van der Waals surface area contributed by atoms with Crippen molar-refractivity contribution in [1.29, 1.82) is 0 Å². The Kier molecular flexibility index (Phi) is 4.06. The van der Waals surface area contributed by atoms with Crippen molar-refractivity contribution in [3.63, 3.8) is 0 Å². The van der Waals surface area contributed by atoms with Crippen molar-refractivity contribution in [2.24, 2.45) is 16.7 Å². The minimum absolute atomic E-state index is 0.0112. The molecule has 0 aromatic heterocycles.